The van der Waals surface area contributed by atoms with E-state index in [1.165, 1.54) is 19.3 Å². The maximum absolute atomic E-state index is 4.22. The summed E-state index contributed by atoms with van der Waals surface area (Å²) in [5, 5.41) is 12.8. The molecular weight excluding hydrogens is 256 g/mol. The van der Waals surface area contributed by atoms with Gasteiger partial charge in [0.2, 0.25) is 0 Å². The van der Waals surface area contributed by atoms with Gasteiger partial charge in [-0.25, -0.2) is 0 Å². The Labute approximate surface area is 119 Å². The van der Waals surface area contributed by atoms with Crippen molar-refractivity contribution in [3.63, 3.8) is 0 Å². The van der Waals surface area contributed by atoms with Crippen LogP contribution in [0.2, 0.25) is 0 Å². The predicted molar refractivity (Wildman–Crippen MR) is 80.7 cm³/mol. The SMILES string of the molecule is CCNC(C)CCCCSc1nnc2ccccn12. The zero-order valence-electron chi connectivity index (χ0n) is 11.7. The van der Waals surface area contributed by atoms with E-state index in [-0.39, 0.29) is 0 Å². The average Bonchev–Trinajstić information content (AvgIpc) is 2.82. The molecule has 1 atom stereocenters. The van der Waals surface area contributed by atoms with E-state index in [1.807, 2.05) is 28.8 Å². The Balaban J connectivity index is 1.71. The highest BCUT2D eigenvalue weighted by molar-refractivity contribution is 7.99. The number of nitrogens with one attached hydrogen (secondary N) is 1. The maximum Gasteiger partial charge on any atom is 0.195 e. The molecule has 2 aromatic rings. The third-order valence-electron chi connectivity index (χ3n) is 3.10. The van der Waals surface area contributed by atoms with Gasteiger partial charge < -0.3 is 5.32 Å². The Hall–Kier alpha value is -1.07. The number of aromatic nitrogens is 3. The van der Waals surface area contributed by atoms with Crippen molar-refractivity contribution < 1.29 is 0 Å². The van der Waals surface area contributed by atoms with Gasteiger partial charge in [0, 0.05) is 18.0 Å². The number of pyridine rings is 1. The number of nitrogens with zero attached hydrogens (tertiary/aromatic N) is 3. The molecular formula is C14H22N4S. The minimum atomic E-state index is 0.629. The lowest BCUT2D eigenvalue weighted by Crippen LogP contribution is -2.25. The predicted octanol–water partition coefficient (Wildman–Crippen LogP) is 2.99. The fourth-order valence-corrected chi connectivity index (χ4v) is 3.01. The fourth-order valence-electron chi connectivity index (χ4n) is 2.08. The molecule has 2 heterocycles. The number of fused-ring (bicyclic) bond motifs is 1. The molecule has 0 saturated carbocycles. The molecule has 0 aliphatic heterocycles. The molecule has 4 nitrogen and oxygen atoms in total. The largest absolute Gasteiger partial charge is 0.315 e. The molecule has 0 amide bonds. The maximum atomic E-state index is 4.22. The molecule has 104 valence electrons. The van der Waals surface area contributed by atoms with Crippen molar-refractivity contribution in [2.75, 3.05) is 12.3 Å². The van der Waals surface area contributed by atoms with E-state index in [4.69, 9.17) is 0 Å². The first kappa shape index (κ1) is 14.3. The highest BCUT2D eigenvalue weighted by Crippen LogP contribution is 2.18. The average molecular weight is 278 g/mol. The molecule has 0 aromatic carbocycles. The van der Waals surface area contributed by atoms with Crippen LogP contribution in [0.4, 0.5) is 0 Å². The summed E-state index contributed by atoms with van der Waals surface area (Å²) in [6, 6.07) is 6.61. The van der Waals surface area contributed by atoms with E-state index in [0.717, 1.165) is 23.1 Å². The third-order valence-corrected chi connectivity index (χ3v) is 4.13. The lowest BCUT2D eigenvalue weighted by molar-refractivity contribution is 0.510. The van der Waals surface area contributed by atoms with Crippen LogP contribution in [-0.2, 0) is 0 Å². The summed E-state index contributed by atoms with van der Waals surface area (Å²) in [5.74, 6) is 1.11. The summed E-state index contributed by atoms with van der Waals surface area (Å²) in [4.78, 5) is 0. The van der Waals surface area contributed by atoms with Gasteiger partial charge in [0.15, 0.2) is 10.8 Å². The Bertz CT molecular complexity index is 497. The molecule has 19 heavy (non-hydrogen) atoms. The standard InChI is InChI=1S/C14H22N4S/c1-3-15-12(2)8-5-7-11-19-14-17-16-13-9-4-6-10-18(13)14/h4,6,9-10,12,15H,3,5,7-8,11H2,1-2H3. The normalized spacial score (nSPS) is 12.9. The van der Waals surface area contributed by atoms with Crippen molar-refractivity contribution >= 4 is 17.4 Å². The summed E-state index contributed by atoms with van der Waals surface area (Å²) in [7, 11) is 0. The lowest BCUT2D eigenvalue weighted by Gasteiger charge is -2.11. The lowest BCUT2D eigenvalue weighted by atomic mass is 10.1. The first-order valence-corrected chi connectivity index (χ1v) is 7.95. The molecule has 2 aromatic heterocycles. The molecule has 1 N–H and O–H groups in total. The Kier molecular flexibility index (Phi) is 5.66. The summed E-state index contributed by atoms with van der Waals surface area (Å²) in [6.07, 6.45) is 5.75. The van der Waals surface area contributed by atoms with Gasteiger partial charge in [0.25, 0.3) is 0 Å². The number of thioether (sulfide) groups is 1. The molecule has 0 saturated heterocycles. The van der Waals surface area contributed by atoms with Crippen LogP contribution in [0.25, 0.3) is 5.65 Å². The van der Waals surface area contributed by atoms with E-state index >= 15 is 0 Å². The second-order valence-corrected chi connectivity index (χ2v) is 5.78. The van der Waals surface area contributed by atoms with Gasteiger partial charge in [-0.15, -0.1) is 10.2 Å². The van der Waals surface area contributed by atoms with Crippen LogP contribution in [-0.4, -0.2) is 32.9 Å². The Morgan fingerprint density at radius 2 is 2.21 bits per heavy atom. The van der Waals surface area contributed by atoms with Gasteiger partial charge in [0.05, 0.1) is 0 Å². The van der Waals surface area contributed by atoms with Gasteiger partial charge >= 0.3 is 0 Å². The van der Waals surface area contributed by atoms with Crippen molar-refractivity contribution in [1.82, 2.24) is 19.9 Å². The van der Waals surface area contributed by atoms with Crippen molar-refractivity contribution in [3.8, 4) is 0 Å². The van der Waals surface area contributed by atoms with Crippen molar-refractivity contribution in [2.45, 2.75) is 44.3 Å². The molecule has 0 bridgehead atoms. The summed E-state index contributed by atoms with van der Waals surface area (Å²) >= 11 is 1.79. The second kappa shape index (κ2) is 7.50. The molecule has 1 unspecified atom stereocenters. The van der Waals surface area contributed by atoms with Crippen LogP contribution in [0.5, 0.6) is 0 Å². The van der Waals surface area contributed by atoms with Crippen molar-refractivity contribution in [2.24, 2.45) is 0 Å². The van der Waals surface area contributed by atoms with Crippen molar-refractivity contribution in [1.29, 1.82) is 0 Å². The van der Waals surface area contributed by atoms with E-state index < -0.39 is 0 Å². The van der Waals surface area contributed by atoms with Crippen LogP contribution in [0.3, 0.4) is 0 Å². The van der Waals surface area contributed by atoms with E-state index in [1.54, 1.807) is 11.8 Å². The Morgan fingerprint density at radius 3 is 3.05 bits per heavy atom. The molecule has 2 rings (SSSR count). The Morgan fingerprint density at radius 1 is 1.32 bits per heavy atom. The van der Waals surface area contributed by atoms with Crippen molar-refractivity contribution in [3.05, 3.63) is 24.4 Å². The highest BCUT2D eigenvalue weighted by atomic mass is 32.2. The first-order valence-electron chi connectivity index (χ1n) is 6.97. The summed E-state index contributed by atoms with van der Waals surface area (Å²) < 4.78 is 2.05. The molecule has 5 heteroatoms. The van der Waals surface area contributed by atoms with Gasteiger partial charge in [-0.05, 0) is 38.4 Å². The summed E-state index contributed by atoms with van der Waals surface area (Å²) in [5.41, 5.74) is 0.922. The first-order chi connectivity index (χ1) is 9.31. The molecule has 0 aliphatic rings. The highest BCUT2D eigenvalue weighted by Gasteiger charge is 2.05. The van der Waals surface area contributed by atoms with E-state index in [0.29, 0.717) is 6.04 Å². The smallest absolute Gasteiger partial charge is 0.195 e. The summed E-state index contributed by atoms with van der Waals surface area (Å²) in [6.45, 7) is 5.47. The van der Waals surface area contributed by atoms with Crippen LogP contribution in [0.1, 0.15) is 33.1 Å². The van der Waals surface area contributed by atoms with Gasteiger partial charge in [-0.1, -0.05) is 31.2 Å². The van der Waals surface area contributed by atoms with E-state index in [9.17, 15) is 0 Å². The van der Waals surface area contributed by atoms with Crippen LogP contribution < -0.4 is 5.32 Å². The molecule has 0 fully saturated rings. The minimum absolute atomic E-state index is 0.629. The van der Waals surface area contributed by atoms with Crippen LogP contribution >= 0.6 is 11.8 Å². The number of unbranched alkanes of at least 4 members (excludes halogenated alkanes) is 1. The minimum Gasteiger partial charge on any atom is -0.315 e. The zero-order chi connectivity index (χ0) is 13.5. The number of hydrogen-bond acceptors (Lipinski definition) is 4. The number of rotatable bonds is 8. The van der Waals surface area contributed by atoms with Gasteiger partial charge in [0.1, 0.15) is 0 Å². The molecule has 0 radical (unpaired) electrons. The van der Waals surface area contributed by atoms with Gasteiger partial charge in [-0.2, -0.15) is 0 Å². The third kappa shape index (κ3) is 4.21. The van der Waals surface area contributed by atoms with Crippen LogP contribution in [0, 0.1) is 0 Å². The second-order valence-electron chi connectivity index (χ2n) is 4.71. The topological polar surface area (TPSA) is 42.2 Å². The zero-order valence-corrected chi connectivity index (χ0v) is 12.5. The monoisotopic (exact) mass is 278 g/mol. The number of hydrogen-bond donors (Lipinski definition) is 1. The fraction of sp³-hybridized carbons (Fsp3) is 0.571. The molecule has 0 aliphatic carbocycles. The molecule has 0 spiro atoms. The van der Waals surface area contributed by atoms with Gasteiger partial charge in [-0.3, -0.25) is 4.40 Å². The quantitative estimate of drug-likeness (QED) is 0.595. The van der Waals surface area contributed by atoms with E-state index in [2.05, 4.69) is 29.4 Å². The van der Waals surface area contributed by atoms with Crippen LogP contribution in [0.15, 0.2) is 29.6 Å².